The number of nitrogens with zero attached hydrogens (tertiary/aromatic N) is 3. The fourth-order valence-corrected chi connectivity index (χ4v) is 2.38. The van der Waals surface area contributed by atoms with Crippen LogP contribution in [0.2, 0.25) is 0 Å². The smallest absolute Gasteiger partial charge is 0.119 e. The second-order valence-corrected chi connectivity index (χ2v) is 5.08. The van der Waals surface area contributed by atoms with E-state index in [-0.39, 0.29) is 0 Å². The van der Waals surface area contributed by atoms with Gasteiger partial charge in [-0.15, -0.1) is 5.10 Å². The van der Waals surface area contributed by atoms with E-state index in [1.807, 2.05) is 49.6 Å². The second-order valence-electron chi connectivity index (χ2n) is 5.08. The zero-order valence-corrected chi connectivity index (χ0v) is 12.0. The molecule has 0 aliphatic rings. The van der Waals surface area contributed by atoms with Crippen LogP contribution < -0.4 is 4.74 Å². The predicted molar refractivity (Wildman–Crippen MR) is 80.2 cm³/mol. The molecule has 0 fully saturated rings. The molecule has 0 amide bonds. The first-order valence-corrected chi connectivity index (χ1v) is 6.76. The van der Waals surface area contributed by atoms with Gasteiger partial charge < -0.3 is 9.84 Å². The number of aliphatic hydroxyl groups is 1. The third kappa shape index (κ3) is 2.87. The summed E-state index contributed by atoms with van der Waals surface area (Å²) in [6.07, 6.45) is 1.68. The third-order valence-electron chi connectivity index (χ3n) is 3.51. The summed E-state index contributed by atoms with van der Waals surface area (Å²) >= 11 is 0. The molecule has 0 spiro atoms. The van der Waals surface area contributed by atoms with Crippen molar-refractivity contribution in [3.63, 3.8) is 0 Å². The van der Waals surface area contributed by atoms with E-state index in [9.17, 15) is 5.11 Å². The minimum Gasteiger partial charge on any atom is -0.497 e. The number of ether oxygens (including phenoxy) is 1. The molecule has 1 N–H and O–H groups in total. The molecule has 21 heavy (non-hydrogen) atoms. The summed E-state index contributed by atoms with van der Waals surface area (Å²) in [6.45, 7) is 0. The standard InChI is InChI=1S/C16H17N3O2/c1-19-10-14(17-18-19)9-16(20)13-4-3-12-8-15(21-2)6-5-11(12)7-13/h3-8,10,16,20H,9H2,1-2H3. The molecule has 0 aliphatic carbocycles. The SMILES string of the molecule is COc1ccc2cc(C(O)Cc3cn(C)nn3)ccc2c1. The molecule has 5 nitrogen and oxygen atoms in total. The second kappa shape index (κ2) is 5.54. The van der Waals surface area contributed by atoms with Crippen LogP contribution in [0.25, 0.3) is 10.8 Å². The third-order valence-corrected chi connectivity index (χ3v) is 3.51. The van der Waals surface area contributed by atoms with Crippen molar-refractivity contribution < 1.29 is 9.84 Å². The Bertz CT molecular complexity index is 767. The first-order chi connectivity index (χ1) is 10.2. The van der Waals surface area contributed by atoms with E-state index in [0.29, 0.717) is 6.42 Å². The molecule has 0 saturated carbocycles. The van der Waals surface area contributed by atoms with Crippen molar-refractivity contribution in [2.45, 2.75) is 12.5 Å². The van der Waals surface area contributed by atoms with Gasteiger partial charge in [-0.25, -0.2) is 0 Å². The first-order valence-electron chi connectivity index (χ1n) is 6.76. The molecule has 1 unspecified atom stereocenters. The molecule has 1 atom stereocenters. The Morgan fingerprint density at radius 3 is 2.67 bits per heavy atom. The maximum Gasteiger partial charge on any atom is 0.119 e. The molecule has 3 rings (SSSR count). The van der Waals surface area contributed by atoms with Crippen LogP contribution in [0.15, 0.2) is 42.6 Å². The summed E-state index contributed by atoms with van der Waals surface area (Å²) in [4.78, 5) is 0. The van der Waals surface area contributed by atoms with Crippen LogP contribution >= 0.6 is 0 Å². The largest absolute Gasteiger partial charge is 0.497 e. The van der Waals surface area contributed by atoms with E-state index in [2.05, 4.69) is 10.3 Å². The summed E-state index contributed by atoms with van der Waals surface area (Å²) in [7, 11) is 3.46. The van der Waals surface area contributed by atoms with Gasteiger partial charge in [0.1, 0.15) is 5.75 Å². The maximum atomic E-state index is 10.3. The Morgan fingerprint density at radius 1 is 1.19 bits per heavy atom. The summed E-state index contributed by atoms with van der Waals surface area (Å²) in [5.41, 5.74) is 1.65. The molecule has 3 aromatic rings. The molecule has 0 radical (unpaired) electrons. The van der Waals surface area contributed by atoms with E-state index < -0.39 is 6.10 Å². The van der Waals surface area contributed by atoms with Gasteiger partial charge in [0.25, 0.3) is 0 Å². The fraction of sp³-hybridized carbons (Fsp3) is 0.250. The lowest BCUT2D eigenvalue weighted by Gasteiger charge is -2.11. The fourth-order valence-electron chi connectivity index (χ4n) is 2.38. The van der Waals surface area contributed by atoms with Crippen molar-refractivity contribution in [2.24, 2.45) is 7.05 Å². The minimum absolute atomic E-state index is 0.454. The lowest BCUT2D eigenvalue weighted by molar-refractivity contribution is 0.177. The van der Waals surface area contributed by atoms with Gasteiger partial charge >= 0.3 is 0 Å². The topological polar surface area (TPSA) is 60.2 Å². The Balaban J connectivity index is 1.86. The van der Waals surface area contributed by atoms with Crippen molar-refractivity contribution in [1.29, 1.82) is 0 Å². The molecule has 1 aromatic heterocycles. The van der Waals surface area contributed by atoms with Crippen LogP contribution in [0.3, 0.4) is 0 Å². The summed E-state index contributed by atoms with van der Waals surface area (Å²) in [5, 5.41) is 20.4. The van der Waals surface area contributed by atoms with Crippen molar-refractivity contribution in [3.05, 3.63) is 53.9 Å². The molecular formula is C16H17N3O2. The number of methoxy groups -OCH3 is 1. The zero-order chi connectivity index (χ0) is 14.8. The quantitative estimate of drug-likeness (QED) is 0.798. The Kier molecular flexibility index (Phi) is 3.58. The number of hydrogen-bond donors (Lipinski definition) is 1. The van der Waals surface area contributed by atoms with Crippen molar-refractivity contribution in [3.8, 4) is 5.75 Å². The molecule has 0 saturated heterocycles. The number of hydrogen-bond acceptors (Lipinski definition) is 4. The van der Waals surface area contributed by atoms with Crippen molar-refractivity contribution >= 4 is 10.8 Å². The van der Waals surface area contributed by atoms with Crippen LogP contribution in [0.1, 0.15) is 17.4 Å². The highest BCUT2D eigenvalue weighted by molar-refractivity contribution is 5.84. The van der Waals surface area contributed by atoms with Gasteiger partial charge in [-0.1, -0.05) is 23.4 Å². The number of aromatic nitrogens is 3. The Morgan fingerprint density at radius 2 is 1.95 bits per heavy atom. The molecule has 2 aromatic carbocycles. The Labute approximate surface area is 122 Å². The van der Waals surface area contributed by atoms with E-state index in [1.165, 1.54) is 0 Å². The van der Waals surface area contributed by atoms with E-state index in [0.717, 1.165) is 27.8 Å². The lowest BCUT2D eigenvalue weighted by Crippen LogP contribution is -2.02. The predicted octanol–water partition coefficient (Wildman–Crippen LogP) is 2.25. The molecule has 0 aliphatic heterocycles. The lowest BCUT2D eigenvalue weighted by atomic mass is 10.0. The number of aryl methyl sites for hydroxylation is 1. The zero-order valence-electron chi connectivity index (χ0n) is 12.0. The molecule has 5 heteroatoms. The van der Waals surface area contributed by atoms with Gasteiger partial charge in [-0.2, -0.15) is 0 Å². The number of fused-ring (bicyclic) bond motifs is 1. The van der Waals surface area contributed by atoms with Gasteiger partial charge in [-0.3, -0.25) is 4.68 Å². The first kappa shape index (κ1) is 13.6. The normalized spacial score (nSPS) is 12.5. The molecular weight excluding hydrogens is 266 g/mol. The van der Waals surface area contributed by atoms with Gasteiger partial charge in [0, 0.05) is 19.7 Å². The highest BCUT2D eigenvalue weighted by atomic mass is 16.5. The van der Waals surface area contributed by atoms with Crippen LogP contribution in [-0.2, 0) is 13.5 Å². The number of rotatable bonds is 4. The molecule has 0 bridgehead atoms. The van der Waals surface area contributed by atoms with Crippen LogP contribution in [0.4, 0.5) is 0 Å². The molecule has 108 valence electrons. The van der Waals surface area contributed by atoms with Crippen LogP contribution in [0.5, 0.6) is 5.75 Å². The van der Waals surface area contributed by atoms with Gasteiger partial charge in [-0.05, 0) is 34.5 Å². The average Bonchev–Trinajstić information content (AvgIpc) is 2.91. The van der Waals surface area contributed by atoms with Crippen LogP contribution in [0, 0.1) is 0 Å². The summed E-state index contributed by atoms with van der Waals surface area (Å²) in [5.74, 6) is 0.829. The van der Waals surface area contributed by atoms with Crippen LogP contribution in [-0.4, -0.2) is 27.2 Å². The van der Waals surface area contributed by atoms with Crippen molar-refractivity contribution in [2.75, 3.05) is 7.11 Å². The molecule has 1 heterocycles. The van der Waals surface area contributed by atoms with Gasteiger partial charge in [0.05, 0.1) is 18.9 Å². The van der Waals surface area contributed by atoms with E-state index in [4.69, 9.17) is 4.74 Å². The van der Waals surface area contributed by atoms with Gasteiger partial charge in [0.2, 0.25) is 0 Å². The summed E-state index contributed by atoms with van der Waals surface area (Å²) < 4.78 is 6.85. The Hall–Kier alpha value is -2.40. The van der Waals surface area contributed by atoms with E-state index in [1.54, 1.807) is 11.8 Å². The van der Waals surface area contributed by atoms with Gasteiger partial charge in [0.15, 0.2) is 0 Å². The minimum atomic E-state index is -0.590. The summed E-state index contributed by atoms with van der Waals surface area (Å²) in [6, 6.07) is 11.8. The average molecular weight is 283 g/mol. The highest BCUT2D eigenvalue weighted by Gasteiger charge is 2.11. The maximum absolute atomic E-state index is 10.3. The monoisotopic (exact) mass is 283 g/mol. The van der Waals surface area contributed by atoms with Crippen molar-refractivity contribution in [1.82, 2.24) is 15.0 Å². The van der Waals surface area contributed by atoms with E-state index >= 15 is 0 Å². The number of aliphatic hydroxyl groups excluding tert-OH is 1. The highest BCUT2D eigenvalue weighted by Crippen LogP contribution is 2.25. The number of benzene rings is 2.